The molecule has 0 N–H and O–H groups in total. The lowest BCUT2D eigenvalue weighted by molar-refractivity contribution is 0.145. The van der Waals surface area contributed by atoms with Crippen LogP contribution in [0.3, 0.4) is 0 Å². The van der Waals surface area contributed by atoms with Gasteiger partial charge in [0.1, 0.15) is 10.8 Å². The lowest BCUT2D eigenvalue weighted by Crippen LogP contribution is -2.01. The highest BCUT2D eigenvalue weighted by Gasteiger charge is 2.17. The first-order valence-electron chi connectivity index (χ1n) is 3.99. The zero-order chi connectivity index (χ0) is 11.4. The largest absolute Gasteiger partial charge is 0.280 e. The maximum atomic E-state index is 12.5. The van der Waals surface area contributed by atoms with Gasteiger partial charge in [0.05, 0.1) is 12.5 Å². The van der Waals surface area contributed by atoms with Gasteiger partial charge in [-0.15, -0.1) is 0 Å². The van der Waals surface area contributed by atoms with E-state index in [2.05, 4.69) is 20.9 Å². The highest BCUT2D eigenvalue weighted by molar-refractivity contribution is 9.08. The Morgan fingerprint density at radius 1 is 1.53 bits per heavy atom. The SMILES string of the molecule is N#CCc1cc(CBr)c(Cl)nc1C(F)F. The Balaban J connectivity index is 3.26. The molecule has 0 unspecified atom stereocenters. The fraction of sp³-hybridized carbons (Fsp3) is 0.333. The molecule has 0 aliphatic rings. The van der Waals surface area contributed by atoms with Gasteiger partial charge in [-0.3, -0.25) is 0 Å². The predicted molar refractivity (Wildman–Crippen MR) is 56.2 cm³/mol. The van der Waals surface area contributed by atoms with Crippen molar-refractivity contribution in [2.75, 3.05) is 0 Å². The van der Waals surface area contributed by atoms with E-state index in [0.717, 1.165) is 0 Å². The number of alkyl halides is 3. The average molecular weight is 296 g/mol. The molecule has 1 rings (SSSR count). The van der Waals surface area contributed by atoms with Gasteiger partial charge in [-0.2, -0.15) is 5.26 Å². The minimum atomic E-state index is -2.71. The second kappa shape index (κ2) is 5.38. The van der Waals surface area contributed by atoms with Gasteiger partial charge in [0.25, 0.3) is 6.43 Å². The molecule has 80 valence electrons. The van der Waals surface area contributed by atoms with Crippen molar-refractivity contribution in [2.24, 2.45) is 0 Å². The summed E-state index contributed by atoms with van der Waals surface area (Å²) in [6.07, 6.45) is -2.81. The molecule has 0 aliphatic carbocycles. The van der Waals surface area contributed by atoms with Gasteiger partial charge >= 0.3 is 0 Å². The van der Waals surface area contributed by atoms with Gasteiger partial charge in [0.15, 0.2) is 0 Å². The molecule has 0 aromatic carbocycles. The van der Waals surface area contributed by atoms with Crippen molar-refractivity contribution in [3.05, 3.63) is 28.0 Å². The molecule has 1 heterocycles. The van der Waals surface area contributed by atoms with Crippen LogP contribution in [-0.2, 0) is 11.8 Å². The standard InChI is InChI=1S/C9H6BrClF2N2/c10-4-6-3-5(1-2-14)7(9(12)13)15-8(6)11/h3,9H,1,4H2. The first-order chi connectivity index (χ1) is 7.10. The van der Waals surface area contributed by atoms with E-state index in [1.807, 2.05) is 6.07 Å². The Morgan fingerprint density at radius 3 is 2.67 bits per heavy atom. The molecule has 0 bridgehead atoms. The molecule has 6 heteroatoms. The molecule has 0 fully saturated rings. The number of pyridine rings is 1. The van der Waals surface area contributed by atoms with Crippen LogP contribution in [0.5, 0.6) is 0 Å². The fourth-order valence-corrected chi connectivity index (χ4v) is 1.90. The molecular weight excluding hydrogens is 289 g/mol. The van der Waals surface area contributed by atoms with Gasteiger partial charge in [0, 0.05) is 10.9 Å². The van der Waals surface area contributed by atoms with Crippen molar-refractivity contribution >= 4 is 27.5 Å². The van der Waals surface area contributed by atoms with Gasteiger partial charge in [-0.1, -0.05) is 27.5 Å². The fourth-order valence-electron chi connectivity index (χ4n) is 1.10. The Kier molecular flexibility index (Phi) is 4.43. The van der Waals surface area contributed by atoms with Crippen LogP contribution in [0.2, 0.25) is 5.15 Å². The summed E-state index contributed by atoms with van der Waals surface area (Å²) in [6, 6.07) is 3.30. The smallest absolute Gasteiger partial charge is 0.234 e. The van der Waals surface area contributed by atoms with Gasteiger partial charge in [-0.25, -0.2) is 13.8 Å². The van der Waals surface area contributed by atoms with E-state index in [1.165, 1.54) is 6.07 Å². The van der Waals surface area contributed by atoms with Crippen LogP contribution in [0.15, 0.2) is 6.07 Å². The normalized spacial score (nSPS) is 10.4. The van der Waals surface area contributed by atoms with Gasteiger partial charge in [0.2, 0.25) is 0 Å². The summed E-state index contributed by atoms with van der Waals surface area (Å²) < 4.78 is 25.0. The first kappa shape index (κ1) is 12.3. The average Bonchev–Trinajstić information content (AvgIpc) is 2.20. The highest BCUT2D eigenvalue weighted by atomic mass is 79.9. The van der Waals surface area contributed by atoms with Crippen LogP contribution in [0.1, 0.15) is 23.2 Å². The Hall–Kier alpha value is -0.730. The second-order valence-corrected chi connectivity index (χ2v) is 3.67. The molecule has 1 aromatic rings. The van der Waals surface area contributed by atoms with Crippen LogP contribution >= 0.6 is 27.5 Å². The van der Waals surface area contributed by atoms with E-state index < -0.39 is 12.1 Å². The molecule has 0 amide bonds. The van der Waals surface area contributed by atoms with Crippen molar-refractivity contribution in [1.82, 2.24) is 4.98 Å². The lowest BCUT2D eigenvalue weighted by atomic mass is 10.1. The molecule has 15 heavy (non-hydrogen) atoms. The summed E-state index contributed by atoms with van der Waals surface area (Å²) in [5, 5.41) is 8.95. The summed E-state index contributed by atoms with van der Waals surface area (Å²) in [6.45, 7) is 0. The molecule has 0 radical (unpaired) electrons. The van der Waals surface area contributed by atoms with Crippen molar-refractivity contribution in [3.63, 3.8) is 0 Å². The van der Waals surface area contributed by atoms with Crippen molar-refractivity contribution in [3.8, 4) is 6.07 Å². The third-order valence-electron chi connectivity index (χ3n) is 1.78. The third kappa shape index (κ3) is 2.86. The number of hydrogen-bond acceptors (Lipinski definition) is 2. The number of halogens is 4. The van der Waals surface area contributed by atoms with Crippen LogP contribution in [0.25, 0.3) is 0 Å². The highest BCUT2D eigenvalue weighted by Crippen LogP contribution is 2.27. The second-order valence-electron chi connectivity index (χ2n) is 2.75. The minimum Gasteiger partial charge on any atom is -0.234 e. The van der Waals surface area contributed by atoms with Crippen LogP contribution < -0.4 is 0 Å². The Bertz CT molecular complexity index is 404. The molecule has 0 saturated carbocycles. The lowest BCUT2D eigenvalue weighted by Gasteiger charge is -2.08. The van der Waals surface area contributed by atoms with Crippen molar-refractivity contribution in [2.45, 2.75) is 18.2 Å². The summed E-state index contributed by atoms with van der Waals surface area (Å²) in [5.41, 5.74) is 0.420. The molecule has 0 aliphatic heterocycles. The van der Waals surface area contributed by atoms with E-state index in [0.29, 0.717) is 10.9 Å². The minimum absolute atomic E-state index is 0.0452. The van der Waals surface area contributed by atoms with E-state index >= 15 is 0 Å². The van der Waals surface area contributed by atoms with Crippen LogP contribution in [0, 0.1) is 11.3 Å². The van der Waals surface area contributed by atoms with Crippen molar-refractivity contribution < 1.29 is 8.78 Å². The van der Waals surface area contributed by atoms with E-state index in [-0.39, 0.29) is 17.1 Å². The third-order valence-corrected chi connectivity index (χ3v) is 2.71. The number of rotatable bonds is 3. The number of aromatic nitrogens is 1. The van der Waals surface area contributed by atoms with Crippen LogP contribution in [-0.4, -0.2) is 4.98 Å². The number of nitriles is 1. The van der Waals surface area contributed by atoms with E-state index in [1.54, 1.807) is 0 Å². The maximum Gasteiger partial charge on any atom is 0.280 e. The van der Waals surface area contributed by atoms with Gasteiger partial charge in [-0.05, 0) is 11.6 Å². The quantitative estimate of drug-likeness (QED) is 0.630. The summed E-state index contributed by atoms with van der Waals surface area (Å²) in [7, 11) is 0. The monoisotopic (exact) mass is 294 g/mol. The van der Waals surface area contributed by atoms with Crippen molar-refractivity contribution in [1.29, 1.82) is 5.26 Å². The molecular formula is C9H6BrClF2N2. The zero-order valence-electron chi connectivity index (χ0n) is 7.48. The van der Waals surface area contributed by atoms with E-state index in [9.17, 15) is 8.78 Å². The molecule has 0 spiro atoms. The number of nitrogens with zero attached hydrogens (tertiary/aromatic N) is 2. The molecule has 1 aromatic heterocycles. The van der Waals surface area contributed by atoms with Crippen LogP contribution in [0.4, 0.5) is 8.78 Å². The first-order valence-corrected chi connectivity index (χ1v) is 5.49. The zero-order valence-corrected chi connectivity index (χ0v) is 9.82. The Labute approximate surface area is 99.0 Å². The number of hydrogen-bond donors (Lipinski definition) is 0. The van der Waals surface area contributed by atoms with Gasteiger partial charge < -0.3 is 0 Å². The molecule has 0 saturated heterocycles. The summed E-state index contributed by atoms with van der Waals surface area (Å²) in [5.74, 6) is 0. The molecule has 2 nitrogen and oxygen atoms in total. The van der Waals surface area contributed by atoms with E-state index in [4.69, 9.17) is 16.9 Å². The Morgan fingerprint density at radius 2 is 2.20 bits per heavy atom. The summed E-state index contributed by atoms with van der Waals surface area (Å²) in [4.78, 5) is 3.60. The topological polar surface area (TPSA) is 36.7 Å². The molecule has 0 atom stereocenters. The predicted octanol–water partition coefficient (Wildman–Crippen LogP) is 3.63. The maximum absolute atomic E-state index is 12.5. The summed E-state index contributed by atoms with van der Waals surface area (Å²) >= 11 is 8.85.